The minimum absolute atomic E-state index is 0.0954. The number of nitrogens with zero attached hydrogens (tertiary/aromatic N) is 1. The molecule has 1 heterocycles. The number of aliphatic hydroxyl groups is 1. The summed E-state index contributed by atoms with van der Waals surface area (Å²) in [5.74, 6) is 0. The highest BCUT2D eigenvalue weighted by atomic mass is 19.4. The molecule has 0 amide bonds. The van der Waals surface area contributed by atoms with Crippen LogP contribution in [0.2, 0.25) is 0 Å². The van der Waals surface area contributed by atoms with Crippen LogP contribution < -0.4 is 0 Å². The van der Waals surface area contributed by atoms with Crippen molar-refractivity contribution in [2.75, 3.05) is 6.61 Å². The summed E-state index contributed by atoms with van der Waals surface area (Å²) in [6.45, 7) is 0.0954. The standard InChI is InChI=1S/C14H14F3NO/c15-14(16,17)11-5-7-13(8-6-11)18-9-1-3-12(18)4-2-10-19/h1,3,5-9,19H,2,4,10H2. The monoisotopic (exact) mass is 269 g/mol. The first kappa shape index (κ1) is 13.7. The number of benzene rings is 1. The van der Waals surface area contributed by atoms with Crippen molar-refractivity contribution >= 4 is 0 Å². The molecule has 0 radical (unpaired) electrons. The van der Waals surface area contributed by atoms with Gasteiger partial charge in [-0.05, 0) is 49.2 Å². The lowest BCUT2D eigenvalue weighted by atomic mass is 10.2. The second-order valence-corrected chi connectivity index (χ2v) is 4.24. The van der Waals surface area contributed by atoms with Gasteiger partial charge >= 0.3 is 6.18 Å². The Hall–Kier alpha value is -1.75. The van der Waals surface area contributed by atoms with Crippen molar-refractivity contribution in [1.82, 2.24) is 4.57 Å². The van der Waals surface area contributed by atoms with Gasteiger partial charge in [0.1, 0.15) is 0 Å². The van der Waals surface area contributed by atoms with Crippen LogP contribution in [0.4, 0.5) is 13.2 Å². The molecule has 19 heavy (non-hydrogen) atoms. The SMILES string of the molecule is OCCCc1cccn1-c1ccc(C(F)(F)F)cc1. The maximum atomic E-state index is 12.5. The van der Waals surface area contributed by atoms with E-state index in [1.54, 1.807) is 6.20 Å². The van der Waals surface area contributed by atoms with Crippen molar-refractivity contribution < 1.29 is 18.3 Å². The van der Waals surface area contributed by atoms with E-state index in [9.17, 15) is 13.2 Å². The predicted molar refractivity (Wildman–Crippen MR) is 66.2 cm³/mol. The lowest BCUT2D eigenvalue weighted by Crippen LogP contribution is -2.05. The maximum Gasteiger partial charge on any atom is 0.416 e. The van der Waals surface area contributed by atoms with E-state index in [-0.39, 0.29) is 6.61 Å². The van der Waals surface area contributed by atoms with Gasteiger partial charge < -0.3 is 9.67 Å². The van der Waals surface area contributed by atoms with E-state index in [2.05, 4.69) is 0 Å². The molecule has 0 fully saturated rings. The summed E-state index contributed by atoms with van der Waals surface area (Å²) in [6.07, 6.45) is -1.20. The molecule has 0 spiro atoms. The van der Waals surface area contributed by atoms with Crippen molar-refractivity contribution in [3.63, 3.8) is 0 Å². The fourth-order valence-corrected chi connectivity index (χ4v) is 1.94. The van der Waals surface area contributed by atoms with Crippen molar-refractivity contribution in [2.24, 2.45) is 0 Å². The van der Waals surface area contributed by atoms with Crippen molar-refractivity contribution in [2.45, 2.75) is 19.0 Å². The Bertz CT molecular complexity index is 528. The molecule has 1 aromatic carbocycles. The van der Waals surface area contributed by atoms with Crippen LogP contribution in [0, 0.1) is 0 Å². The van der Waals surface area contributed by atoms with Crippen LogP contribution in [0.15, 0.2) is 42.6 Å². The van der Waals surface area contributed by atoms with Gasteiger partial charge in [0.25, 0.3) is 0 Å². The van der Waals surface area contributed by atoms with Crippen molar-refractivity contribution in [3.8, 4) is 5.69 Å². The van der Waals surface area contributed by atoms with Crippen LogP contribution in [0.25, 0.3) is 5.69 Å². The molecule has 1 N–H and O–H groups in total. The fraction of sp³-hybridized carbons (Fsp3) is 0.286. The minimum atomic E-state index is -4.31. The van der Waals surface area contributed by atoms with Crippen molar-refractivity contribution in [1.29, 1.82) is 0 Å². The molecule has 0 aliphatic carbocycles. The van der Waals surface area contributed by atoms with Crippen molar-refractivity contribution in [3.05, 3.63) is 53.9 Å². The third-order valence-electron chi connectivity index (χ3n) is 2.90. The van der Waals surface area contributed by atoms with Gasteiger partial charge in [-0.2, -0.15) is 13.2 Å². The van der Waals surface area contributed by atoms with Gasteiger partial charge in [0.05, 0.1) is 5.56 Å². The van der Waals surface area contributed by atoms with Gasteiger partial charge in [-0.15, -0.1) is 0 Å². The molecule has 2 rings (SSSR count). The number of hydrogen-bond acceptors (Lipinski definition) is 1. The van der Waals surface area contributed by atoms with Gasteiger partial charge in [-0.3, -0.25) is 0 Å². The second-order valence-electron chi connectivity index (χ2n) is 4.24. The normalized spacial score (nSPS) is 11.8. The lowest BCUT2D eigenvalue weighted by Gasteiger charge is -2.11. The molecule has 0 aliphatic rings. The average Bonchev–Trinajstić information content (AvgIpc) is 2.83. The van der Waals surface area contributed by atoms with E-state index < -0.39 is 11.7 Å². The summed E-state index contributed by atoms with van der Waals surface area (Å²) in [5.41, 5.74) is 1.00. The van der Waals surface area contributed by atoms with Crippen LogP contribution in [-0.2, 0) is 12.6 Å². The van der Waals surface area contributed by atoms with E-state index >= 15 is 0 Å². The van der Waals surface area contributed by atoms with Gasteiger partial charge in [0.2, 0.25) is 0 Å². The summed E-state index contributed by atoms with van der Waals surface area (Å²) < 4.78 is 39.2. The molecule has 0 saturated heterocycles. The van der Waals surface area contributed by atoms with Crippen LogP contribution in [0.1, 0.15) is 17.7 Å². The Morgan fingerprint density at radius 2 is 1.74 bits per heavy atom. The van der Waals surface area contributed by atoms with Gasteiger partial charge in [-0.25, -0.2) is 0 Å². The molecular formula is C14H14F3NO. The highest BCUT2D eigenvalue weighted by molar-refractivity contribution is 5.38. The number of rotatable bonds is 4. The highest BCUT2D eigenvalue weighted by Crippen LogP contribution is 2.29. The molecule has 102 valence electrons. The molecule has 0 atom stereocenters. The second kappa shape index (κ2) is 5.48. The first-order chi connectivity index (χ1) is 9.02. The molecule has 0 bridgehead atoms. The maximum absolute atomic E-state index is 12.5. The average molecular weight is 269 g/mol. The van der Waals surface area contributed by atoms with Crippen LogP contribution in [0.3, 0.4) is 0 Å². The molecular weight excluding hydrogens is 255 g/mol. The third kappa shape index (κ3) is 3.17. The molecule has 2 aromatic rings. The van der Waals surface area contributed by atoms with E-state index in [0.717, 1.165) is 17.8 Å². The van der Waals surface area contributed by atoms with E-state index in [4.69, 9.17) is 5.11 Å². The Kier molecular flexibility index (Phi) is 3.95. The zero-order valence-electron chi connectivity index (χ0n) is 10.2. The fourth-order valence-electron chi connectivity index (χ4n) is 1.94. The predicted octanol–water partition coefficient (Wildman–Crippen LogP) is 3.42. The van der Waals surface area contributed by atoms with E-state index in [0.29, 0.717) is 18.5 Å². The van der Waals surface area contributed by atoms with Gasteiger partial charge in [0.15, 0.2) is 0 Å². The quantitative estimate of drug-likeness (QED) is 0.904. The molecule has 0 unspecified atom stereocenters. The van der Waals surface area contributed by atoms with Crippen LogP contribution >= 0.6 is 0 Å². The first-order valence-corrected chi connectivity index (χ1v) is 5.97. The Morgan fingerprint density at radius 3 is 2.32 bits per heavy atom. The number of aromatic nitrogens is 1. The largest absolute Gasteiger partial charge is 0.416 e. The molecule has 0 aliphatic heterocycles. The minimum Gasteiger partial charge on any atom is -0.396 e. The summed E-state index contributed by atoms with van der Waals surface area (Å²) in [6, 6.07) is 8.78. The number of aliphatic hydroxyl groups excluding tert-OH is 1. The Labute approximate surface area is 109 Å². The number of halogens is 3. The highest BCUT2D eigenvalue weighted by Gasteiger charge is 2.29. The molecule has 5 heteroatoms. The summed E-state index contributed by atoms with van der Waals surface area (Å²) >= 11 is 0. The number of hydrogen-bond donors (Lipinski definition) is 1. The Balaban J connectivity index is 2.25. The van der Waals surface area contributed by atoms with Gasteiger partial charge in [-0.1, -0.05) is 0 Å². The summed E-state index contributed by atoms with van der Waals surface area (Å²) in [4.78, 5) is 0. The topological polar surface area (TPSA) is 25.2 Å². The first-order valence-electron chi connectivity index (χ1n) is 5.97. The third-order valence-corrected chi connectivity index (χ3v) is 2.90. The smallest absolute Gasteiger partial charge is 0.396 e. The van der Waals surface area contributed by atoms with Crippen LogP contribution in [-0.4, -0.2) is 16.3 Å². The zero-order chi connectivity index (χ0) is 13.9. The molecule has 0 saturated carbocycles. The van der Waals surface area contributed by atoms with E-state index in [1.165, 1.54) is 12.1 Å². The number of alkyl halides is 3. The lowest BCUT2D eigenvalue weighted by molar-refractivity contribution is -0.137. The molecule has 1 aromatic heterocycles. The van der Waals surface area contributed by atoms with Crippen LogP contribution in [0.5, 0.6) is 0 Å². The Morgan fingerprint density at radius 1 is 1.05 bits per heavy atom. The summed E-state index contributed by atoms with van der Waals surface area (Å²) in [5, 5.41) is 8.82. The van der Waals surface area contributed by atoms with E-state index in [1.807, 2.05) is 16.7 Å². The number of aryl methyl sites for hydroxylation is 1. The summed E-state index contributed by atoms with van der Waals surface area (Å²) in [7, 11) is 0. The zero-order valence-corrected chi connectivity index (χ0v) is 10.2. The molecule has 2 nitrogen and oxygen atoms in total. The van der Waals surface area contributed by atoms with Gasteiger partial charge in [0, 0.05) is 24.2 Å².